The molecule has 2 bridgehead atoms. The molecule has 0 radical (unpaired) electrons. The Morgan fingerprint density at radius 3 is 2.79 bits per heavy atom. The van der Waals surface area contributed by atoms with Crippen LogP contribution in [-0.2, 0) is 16.9 Å². The van der Waals surface area contributed by atoms with Gasteiger partial charge < -0.3 is 20.4 Å². The zero-order chi connectivity index (χ0) is 19.8. The average molecular weight is 394 g/mol. The van der Waals surface area contributed by atoms with Crippen LogP contribution in [0, 0.1) is 5.92 Å². The first-order valence-electron chi connectivity index (χ1n) is 10.5. The number of imidazole rings is 1. The zero-order valence-corrected chi connectivity index (χ0v) is 16.8. The van der Waals surface area contributed by atoms with E-state index >= 15 is 0 Å². The second-order valence-electron chi connectivity index (χ2n) is 8.75. The van der Waals surface area contributed by atoms with E-state index in [0.717, 1.165) is 54.2 Å². The molecule has 9 nitrogen and oxygen atoms in total. The van der Waals surface area contributed by atoms with Crippen LogP contribution in [0.4, 0.5) is 11.8 Å². The Kier molecular flexibility index (Phi) is 3.58. The second kappa shape index (κ2) is 5.99. The second-order valence-corrected chi connectivity index (χ2v) is 8.75. The van der Waals surface area contributed by atoms with E-state index in [1.165, 1.54) is 12.8 Å². The average Bonchev–Trinajstić information content (AvgIpc) is 3.40. The van der Waals surface area contributed by atoms with Crippen LogP contribution in [0.1, 0.15) is 56.4 Å². The summed E-state index contributed by atoms with van der Waals surface area (Å²) < 4.78 is 8.42. The highest BCUT2D eigenvalue weighted by Crippen LogP contribution is 2.48. The molecule has 5 aliphatic rings. The fourth-order valence-electron chi connectivity index (χ4n) is 5.12. The first kappa shape index (κ1) is 17.3. The van der Waals surface area contributed by atoms with Crippen LogP contribution in [0.5, 0.6) is 0 Å². The molecule has 0 amide bonds. The minimum Gasteiger partial charge on any atom is -0.368 e. The summed E-state index contributed by atoms with van der Waals surface area (Å²) >= 11 is 0. The van der Waals surface area contributed by atoms with Crippen molar-refractivity contribution >= 4 is 17.6 Å². The van der Waals surface area contributed by atoms with E-state index in [4.69, 9.17) is 20.4 Å². The van der Waals surface area contributed by atoms with Gasteiger partial charge in [0, 0.05) is 31.5 Å². The topological polar surface area (TPSA) is 106 Å². The molecular weight excluding hydrogens is 368 g/mol. The monoisotopic (exact) mass is 394 g/mol. The van der Waals surface area contributed by atoms with Gasteiger partial charge in [-0.2, -0.15) is 0 Å². The first-order chi connectivity index (χ1) is 14.1. The van der Waals surface area contributed by atoms with E-state index in [1.54, 1.807) is 12.4 Å². The number of aromatic nitrogens is 4. The summed E-state index contributed by atoms with van der Waals surface area (Å²) in [7, 11) is 0. The summed E-state index contributed by atoms with van der Waals surface area (Å²) in [6, 6.07) is 0.608. The summed E-state index contributed by atoms with van der Waals surface area (Å²) in [6.45, 7) is 6.83. The van der Waals surface area contributed by atoms with Gasteiger partial charge in [0.15, 0.2) is 6.17 Å². The number of nitrogens with zero attached hydrogens (tertiary/aromatic N) is 6. The largest absolute Gasteiger partial charge is 0.368 e. The van der Waals surface area contributed by atoms with Crippen LogP contribution in [0.25, 0.3) is 0 Å². The molecule has 2 aromatic rings. The van der Waals surface area contributed by atoms with Gasteiger partial charge in [-0.25, -0.2) is 19.9 Å². The Labute approximate surface area is 169 Å². The van der Waals surface area contributed by atoms with E-state index in [-0.39, 0.29) is 17.7 Å². The van der Waals surface area contributed by atoms with Crippen molar-refractivity contribution in [3.63, 3.8) is 0 Å². The van der Waals surface area contributed by atoms with Crippen LogP contribution in [0.3, 0.4) is 0 Å². The number of amidine groups is 1. The molecule has 1 aliphatic carbocycles. The molecule has 29 heavy (non-hydrogen) atoms. The molecule has 152 valence electrons. The minimum atomic E-state index is -0.376. The van der Waals surface area contributed by atoms with Crippen molar-refractivity contribution in [2.75, 3.05) is 24.2 Å². The quantitative estimate of drug-likeness (QED) is 0.818. The highest BCUT2D eigenvalue weighted by Gasteiger charge is 2.49. The summed E-state index contributed by atoms with van der Waals surface area (Å²) in [5.74, 6) is 3.86. The SMILES string of the molecule is CC[C@]1(C)OCCn2c1nc1c2NC(c2cnc(N)nc2)=NC1N1CC2CC1C2. The van der Waals surface area contributed by atoms with Crippen LogP contribution < -0.4 is 11.1 Å². The Morgan fingerprint density at radius 2 is 2.10 bits per heavy atom. The van der Waals surface area contributed by atoms with Gasteiger partial charge in [0.25, 0.3) is 0 Å². The van der Waals surface area contributed by atoms with Crippen molar-refractivity contribution in [2.45, 2.75) is 57.5 Å². The molecule has 0 spiro atoms. The maximum atomic E-state index is 6.14. The predicted molar refractivity (Wildman–Crippen MR) is 108 cm³/mol. The van der Waals surface area contributed by atoms with E-state index in [1.807, 2.05) is 0 Å². The number of anilines is 2. The summed E-state index contributed by atoms with van der Waals surface area (Å²) in [4.78, 5) is 21.0. The highest BCUT2D eigenvalue weighted by molar-refractivity contribution is 6.09. The lowest BCUT2D eigenvalue weighted by Crippen LogP contribution is -2.37. The Hall–Kier alpha value is -2.52. The van der Waals surface area contributed by atoms with Crippen molar-refractivity contribution in [1.29, 1.82) is 0 Å². The van der Waals surface area contributed by atoms with Gasteiger partial charge >= 0.3 is 0 Å². The number of hydrogen-bond donors (Lipinski definition) is 2. The number of aliphatic imine (C=N–C) groups is 1. The molecule has 3 fully saturated rings. The van der Waals surface area contributed by atoms with Crippen molar-refractivity contribution in [3.05, 3.63) is 29.5 Å². The van der Waals surface area contributed by atoms with E-state index in [9.17, 15) is 0 Å². The predicted octanol–water partition coefficient (Wildman–Crippen LogP) is 1.88. The molecule has 2 saturated heterocycles. The maximum Gasteiger partial charge on any atom is 0.219 e. The number of nitrogens with two attached hydrogens (primary N) is 1. The Bertz CT molecular complexity index is 993. The Balaban J connectivity index is 1.48. The van der Waals surface area contributed by atoms with Gasteiger partial charge in [-0.3, -0.25) is 4.90 Å². The van der Waals surface area contributed by atoms with E-state index < -0.39 is 0 Å². The van der Waals surface area contributed by atoms with Crippen molar-refractivity contribution in [3.8, 4) is 0 Å². The summed E-state index contributed by atoms with van der Waals surface area (Å²) in [6.07, 6.45) is 6.80. The number of hydrogen-bond acceptors (Lipinski definition) is 8. The van der Waals surface area contributed by atoms with Gasteiger partial charge in [0.1, 0.15) is 28.8 Å². The third-order valence-electron chi connectivity index (χ3n) is 7.02. The molecule has 2 atom stereocenters. The van der Waals surface area contributed by atoms with Crippen molar-refractivity contribution in [2.24, 2.45) is 10.9 Å². The number of ether oxygens (including phenoxy) is 1. The number of nitrogen functional groups attached to an aromatic ring is 1. The summed E-state index contributed by atoms with van der Waals surface area (Å²) in [5, 5.41) is 3.53. The van der Waals surface area contributed by atoms with E-state index in [2.05, 4.69) is 38.6 Å². The fourth-order valence-corrected chi connectivity index (χ4v) is 5.12. The minimum absolute atomic E-state index is 0.0875. The standard InChI is InChI=1S/C20H26N8O/c1-3-20(2)18-24-14-16(27(18)4-5-29-20)25-15(12-8-22-19(21)23-9-12)26-17(14)28-10-11-6-13(28)7-11/h8-9,11,13,17H,3-7,10H2,1-2H3,(H,25,26)(H2,21,22,23)/t11?,13?,17?,20-/m0/s1. The number of nitrogens with one attached hydrogen (secondary N) is 1. The van der Waals surface area contributed by atoms with Gasteiger partial charge in [-0.15, -0.1) is 0 Å². The van der Waals surface area contributed by atoms with Gasteiger partial charge in [0.05, 0.1) is 12.2 Å². The molecule has 6 heterocycles. The maximum absolute atomic E-state index is 6.14. The third-order valence-corrected chi connectivity index (χ3v) is 7.02. The Morgan fingerprint density at radius 1 is 1.31 bits per heavy atom. The van der Waals surface area contributed by atoms with Gasteiger partial charge in [-0.1, -0.05) is 6.92 Å². The molecule has 3 N–H and O–H groups in total. The number of rotatable bonds is 3. The van der Waals surface area contributed by atoms with Crippen LogP contribution in [-0.4, -0.2) is 49.4 Å². The van der Waals surface area contributed by atoms with Gasteiger partial charge in [0.2, 0.25) is 5.95 Å². The third kappa shape index (κ3) is 2.47. The highest BCUT2D eigenvalue weighted by atomic mass is 16.5. The lowest BCUT2D eigenvalue weighted by atomic mass is 9.86. The fraction of sp³-hybridized carbons (Fsp3) is 0.600. The molecule has 4 aliphatic heterocycles. The normalized spacial score (nSPS) is 32.8. The molecule has 1 unspecified atom stereocenters. The molecule has 2 aromatic heterocycles. The van der Waals surface area contributed by atoms with Crippen molar-refractivity contribution < 1.29 is 4.74 Å². The van der Waals surface area contributed by atoms with E-state index in [0.29, 0.717) is 12.6 Å². The number of fused-ring (bicyclic) bond motifs is 4. The van der Waals surface area contributed by atoms with Crippen molar-refractivity contribution in [1.82, 2.24) is 24.4 Å². The lowest BCUT2D eigenvalue weighted by Gasteiger charge is -2.34. The smallest absolute Gasteiger partial charge is 0.219 e. The lowest BCUT2D eigenvalue weighted by molar-refractivity contribution is -0.0698. The molecule has 7 rings (SSSR count). The summed E-state index contributed by atoms with van der Waals surface area (Å²) in [5.41, 5.74) is 7.16. The molecule has 0 aromatic carbocycles. The van der Waals surface area contributed by atoms with Crippen LogP contribution in [0.2, 0.25) is 0 Å². The molecule has 9 heteroatoms. The van der Waals surface area contributed by atoms with Crippen LogP contribution in [0.15, 0.2) is 17.4 Å². The zero-order valence-electron chi connectivity index (χ0n) is 16.8. The van der Waals surface area contributed by atoms with Gasteiger partial charge in [-0.05, 0) is 32.1 Å². The van der Waals surface area contributed by atoms with Crippen LogP contribution >= 0.6 is 0 Å². The first-order valence-corrected chi connectivity index (χ1v) is 10.5. The molecule has 1 saturated carbocycles. The molecular formula is C20H26N8O.